The molecule has 0 aromatic rings. The molecule has 0 aromatic heterocycles. The van der Waals surface area contributed by atoms with Crippen LogP contribution in [0.5, 0.6) is 0 Å². The van der Waals surface area contributed by atoms with Crippen LogP contribution in [0.15, 0.2) is 0 Å². The smallest absolute Gasteiger partial charge is 0 e. The third kappa shape index (κ3) is 6.00. The van der Waals surface area contributed by atoms with Crippen molar-refractivity contribution in [2.24, 2.45) is 11.3 Å². The molecule has 0 N–H and O–H groups in total. The molecule has 0 saturated carbocycles. The van der Waals surface area contributed by atoms with Crippen molar-refractivity contribution in [3.63, 3.8) is 0 Å². The van der Waals surface area contributed by atoms with E-state index in [2.05, 4.69) is 34.6 Å². The first-order chi connectivity index (χ1) is 3.42. The summed E-state index contributed by atoms with van der Waals surface area (Å²) in [7, 11) is 0. The second-order valence-electron chi connectivity index (χ2n) is 4.16. The average molecular weight is 116 g/mol. The van der Waals surface area contributed by atoms with Crippen molar-refractivity contribution in [1.29, 1.82) is 0 Å². The molecule has 0 rings (SSSR count). The zero-order chi connectivity index (χ0) is 6.78. The molecule has 52 valence electrons. The van der Waals surface area contributed by atoms with Crippen LogP contribution in [0.4, 0.5) is 0 Å². The average Bonchev–Trinajstić information content (AvgIpc) is 1.21. The standard InChI is InChI=1S/C8H18.H2/c1-7(2)6-8(3,4)5;/h7H,6H2,1-5H3;1H. The summed E-state index contributed by atoms with van der Waals surface area (Å²) in [4.78, 5) is 0. The third-order valence-corrected chi connectivity index (χ3v) is 1.02. The van der Waals surface area contributed by atoms with Crippen LogP contribution in [0.3, 0.4) is 0 Å². The SMILES string of the molecule is CC(C)CC(C)(C)C.[HH]. The van der Waals surface area contributed by atoms with Crippen LogP contribution < -0.4 is 0 Å². The Bertz CT molecular complexity index is 59.5. The van der Waals surface area contributed by atoms with E-state index in [-0.39, 0.29) is 1.43 Å². The quantitative estimate of drug-likeness (QED) is 0.493. The summed E-state index contributed by atoms with van der Waals surface area (Å²) in [6.07, 6.45) is 1.33. The van der Waals surface area contributed by atoms with Crippen molar-refractivity contribution >= 4 is 0 Å². The van der Waals surface area contributed by atoms with Gasteiger partial charge in [0.25, 0.3) is 0 Å². The van der Waals surface area contributed by atoms with Gasteiger partial charge >= 0.3 is 0 Å². The van der Waals surface area contributed by atoms with E-state index in [1.165, 1.54) is 6.42 Å². The molecule has 0 spiro atoms. The molecule has 0 amide bonds. The first-order valence-electron chi connectivity index (χ1n) is 3.42. The van der Waals surface area contributed by atoms with Crippen molar-refractivity contribution in [3.8, 4) is 0 Å². The first-order valence-corrected chi connectivity index (χ1v) is 3.42. The van der Waals surface area contributed by atoms with Gasteiger partial charge in [0, 0.05) is 1.43 Å². The van der Waals surface area contributed by atoms with Crippen LogP contribution in [-0.4, -0.2) is 0 Å². The molecule has 0 heterocycles. The van der Waals surface area contributed by atoms with Gasteiger partial charge in [-0.1, -0.05) is 34.6 Å². The molecule has 0 saturated heterocycles. The fourth-order valence-electron chi connectivity index (χ4n) is 1.22. The molecule has 0 heteroatoms. The Labute approximate surface area is 54.8 Å². The molecule has 8 heavy (non-hydrogen) atoms. The van der Waals surface area contributed by atoms with E-state index < -0.39 is 0 Å². The lowest BCUT2D eigenvalue weighted by Crippen LogP contribution is -2.08. The molecule has 0 nitrogen and oxygen atoms in total. The summed E-state index contributed by atoms with van der Waals surface area (Å²) in [5.41, 5.74) is 0.522. The van der Waals surface area contributed by atoms with E-state index in [0.717, 1.165) is 5.92 Å². The van der Waals surface area contributed by atoms with E-state index in [9.17, 15) is 0 Å². The van der Waals surface area contributed by atoms with Crippen molar-refractivity contribution in [2.75, 3.05) is 0 Å². The van der Waals surface area contributed by atoms with Crippen molar-refractivity contribution < 1.29 is 1.43 Å². The van der Waals surface area contributed by atoms with Crippen LogP contribution in [0.1, 0.15) is 42.5 Å². The zero-order valence-electron chi connectivity index (χ0n) is 6.78. The second-order valence-corrected chi connectivity index (χ2v) is 4.16. The van der Waals surface area contributed by atoms with Gasteiger partial charge in [-0.3, -0.25) is 0 Å². The highest BCUT2D eigenvalue weighted by molar-refractivity contribution is 4.62. The Morgan fingerprint density at radius 2 is 1.62 bits per heavy atom. The van der Waals surface area contributed by atoms with E-state index >= 15 is 0 Å². The van der Waals surface area contributed by atoms with Crippen LogP contribution >= 0.6 is 0 Å². The summed E-state index contributed by atoms with van der Waals surface area (Å²) in [5, 5.41) is 0. The highest BCUT2D eigenvalue weighted by Crippen LogP contribution is 2.23. The summed E-state index contributed by atoms with van der Waals surface area (Å²) in [5.74, 6) is 0.843. The van der Waals surface area contributed by atoms with Gasteiger partial charge < -0.3 is 0 Å². The monoisotopic (exact) mass is 116 g/mol. The maximum atomic E-state index is 2.28. The summed E-state index contributed by atoms with van der Waals surface area (Å²) in [6.45, 7) is 11.4. The predicted octanol–water partition coefficient (Wildman–Crippen LogP) is 3.32. The Balaban J connectivity index is 0. The summed E-state index contributed by atoms with van der Waals surface area (Å²) >= 11 is 0. The maximum Gasteiger partial charge on any atom is 0 e. The minimum Gasteiger partial charge on any atom is -0.0628 e. The highest BCUT2D eigenvalue weighted by atomic mass is 14.2. The third-order valence-electron chi connectivity index (χ3n) is 1.02. The summed E-state index contributed by atoms with van der Waals surface area (Å²) < 4.78 is 0. The number of rotatable bonds is 1. The lowest BCUT2D eigenvalue weighted by Gasteiger charge is -2.19. The molecule has 0 atom stereocenters. The van der Waals surface area contributed by atoms with Gasteiger partial charge in [0.2, 0.25) is 0 Å². The van der Waals surface area contributed by atoms with Gasteiger partial charge in [-0.05, 0) is 17.8 Å². The Kier molecular flexibility index (Phi) is 2.52. The molecule has 0 fully saturated rings. The highest BCUT2D eigenvalue weighted by Gasteiger charge is 2.11. The van der Waals surface area contributed by atoms with Gasteiger partial charge in [-0.15, -0.1) is 0 Å². The summed E-state index contributed by atoms with van der Waals surface area (Å²) in [6, 6.07) is 0. The van der Waals surface area contributed by atoms with Crippen molar-refractivity contribution in [3.05, 3.63) is 0 Å². The first kappa shape index (κ1) is 8.00. The van der Waals surface area contributed by atoms with E-state index in [1.54, 1.807) is 0 Å². The molecular weight excluding hydrogens is 96.1 g/mol. The van der Waals surface area contributed by atoms with E-state index in [4.69, 9.17) is 0 Å². The normalized spacial score (nSPS) is 12.8. The minimum atomic E-state index is 0. The molecular formula is C8H20. The lowest BCUT2D eigenvalue weighted by molar-refractivity contribution is 0.320. The fourth-order valence-corrected chi connectivity index (χ4v) is 1.22. The second kappa shape index (κ2) is 2.52. The molecule has 0 aliphatic rings. The van der Waals surface area contributed by atoms with Gasteiger partial charge in [0.15, 0.2) is 0 Å². The Hall–Kier alpha value is 0. The van der Waals surface area contributed by atoms with Gasteiger partial charge in [0.1, 0.15) is 0 Å². The van der Waals surface area contributed by atoms with Crippen molar-refractivity contribution in [2.45, 2.75) is 41.0 Å². The van der Waals surface area contributed by atoms with Crippen LogP contribution in [0.2, 0.25) is 0 Å². The Morgan fingerprint density at radius 1 is 1.25 bits per heavy atom. The fraction of sp³-hybridized carbons (Fsp3) is 1.00. The van der Waals surface area contributed by atoms with Crippen molar-refractivity contribution in [1.82, 2.24) is 0 Å². The zero-order valence-corrected chi connectivity index (χ0v) is 6.78. The maximum absolute atomic E-state index is 2.28. The molecule has 0 aliphatic heterocycles. The topological polar surface area (TPSA) is 0 Å². The number of hydrogen-bond donors (Lipinski definition) is 0. The van der Waals surface area contributed by atoms with E-state index in [1.807, 2.05) is 0 Å². The largest absolute Gasteiger partial charge is 0.0628 e. The molecule has 0 bridgehead atoms. The van der Waals surface area contributed by atoms with Gasteiger partial charge in [-0.2, -0.15) is 0 Å². The van der Waals surface area contributed by atoms with Gasteiger partial charge in [-0.25, -0.2) is 0 Å². The van der Waals surface area contributed by atoms with Crippen LogP contribution in [0.25, 0.3) is 0 Å². The lowest BCUT2D eigenvalue weighted by atomic mass is 9.86. The van der Waals surface area contributed by atoms with Crippen LogP contribution in [-0.2, 0) is 0 Å². The molecule has 0 unspecified atom stereocenters. The molecule has 0 aromatic carbocycles. The predicted molar refractivity (Wildman–Crippen MR) is 41.0 cm³/mol. The Morgan fingerprint density at radius 3 is 1.62 bits per heavy atom. The van der Waals surface area contributed by atoms with Gasteiger partial charge in [0.05, 0.1) is 0 Å². The molecule has 0 aliphatic carbocycles. The molecule has 0 radical (unpaired) electrons. The minimum absolute atomic E-state index is 0. The van der Waals surface area contributed by atoms with E-state index in [0.29, 0.717) is 5.41 Å². The van der Waals surface area contributed by atoms with Crippen LogP contribution in [0, 0.1) is 11.3 Å². The number of hydrogen-bond acceptors (Lipinski definition) is 0.